The summed E-state index contributed by atoms with van der Waals surface area (Å²) in [5, 5.41) is 9.31. The molecule has 7 nitrogen and oxygen atoms in total. The predicted molar refractivity (Wildman–Crippen MR) is 71.9 cm³/mol. The van der Waals surface area contributed by atoms with Gasteiger partial charge in [-0.15, -0.1) is 5.10 Å². The van der Waals surface area contributed by atoms with Crippen LogP contribution in [0.15, 0.2) is 47.3 Å². The van der Waals surface area contributed by atoms with Crippen molar-refractivity contribution in [3.63, 3.8) is 0 Å². The Labute approximate surface area is 114 Å². The summed E-state index contributed by atoms with van der Waals surface area (Å²) in [7, 11) is 0. The minimum absolute atomic E-state index is 0.189. The molecule has 1 unspecified atom stereocenters. The van der Waals surface area contributed by atoms with Gasteiger partial charge in [-0.3, -0.25) is 15.2 Å². The number of furan rings is 1. The van der Waals surface area contributed by atoms with Crippen LogP contribution in [0.2, 0.25) is 0 Å². The Morgan fingerprint density at radius 3 is 2.90 bits per heavy atom. The number of nitrogens with zero attached hydrogens (tertiary/aromatic N) is 3. The minimum atomic E-state index is -0.337. The van der Waals surface area contributed by atoms with Gasteiger partial charge < -0.3 is 8.98 Å². The zero-order valence-corrected chi connectivity index (χ0v) is 10.8. The smallest absolute Gasteiger partial charge is 0.249 e. The summed E-state index contributed by atoms with van der Waals surface area (Å²) < 4.78 is 6.99. The molecule has 0 radical (unpaired) electrons. The number of carbonyl (C=O) groups is 1. The lowest BCUT2D eigenvalue weighted by Gasteiger charge is -2.11. The van der Waals surface area contributed by atoms with Crippen molar-refractivity contribution in [2.24, 2.45) is 0 Å². The predicted octanol–water partition coefficient (Wildman–Crippen LogP) is 2.07. The Morgan fingerprint density at radius 1 is 1.40 bits per heavy atom. The van der Waals surface area contributed by atoms with Crippen LogP contribution in [0.4, 0.5) is 5.95 Å². The van der Waals surface area contributed by atoms with E-state index >= 15 is 0 Å². The molecule has 0 aromatic carbocycles. The number of aromatic nitrogens is 4. The van der Waals surface area contributed by atoms with Crippen molar-refractivity contribution in [2.75, 3.05) is 5.32 Å². The van der Waals surface area contributed by atoms with Crippen LogP contribution < -0.4 is 5.32 Å². The van der Waals surface area contributed by atoms with E-state index in [1.165, 1.54) is 0 Å². The van der Waals surface area contributed by atoms with Crippen LogP contribution in [0.25, 0.3) is 11.6 Å². The number of anilines is 1. The standard InChI is InChI=1S/C13H13N5O2/c1-9(18-6-2-3-7-18)12(19)15-13-14-11(16-17-13)10-5-4-8-20-10/h2-9H,1H3,(H2,14,15,16,17,19). The second-order valence-electron chi connectivity index (χ2n) is 4.28. The van der Waals surface area contributed by atoms with Gasteiger partial charge in [0.25, 0.3) is 0 Å². The van der Waals surface area contributed by atoms with Gasteiger partial charge in [0.2, 0.25) is 11.9 Å². The Morgan fingerprint density at radius 2 is 2.20 bits per heavy atom. The normalized spacial score (nSPS) is 12.2. The molecule has 0 fully saturated rings. The van der Waals surface area contributed by atoms with Crippen molar-refractivity contribution in [2.45, 2.75) is 13.0 Å². The summed E-state index contributed by atoms with van der Waals surface area (Å²) in [5.41, 5.74) is 0. The first-order chi connectivity index (χ1) is 9.74. The van der Waals surface area contributed by atoms with Crippen LogP contribution in [0.1, 0.15) is 13.0 Å². The maximum Gasteiger partial charge on any atom is 0.249 e. The maximum absolute atomic E-state index is 12.1. The number of nitrogens with one attached hydrogen (secondary N) is 2. The fourth-order valence-electron chi connectivity index (χ4n) is 1.80. The molecule has 3 aromatic heterocycles. The fraction of sp³-hybridized carbons (Fsp3) is 0.154. The first kappa shape index (κ1) is 12.2. The number of hydrogen-bond donors (Lipinski definition) is 2. The van der Waals surface area contributed by atoms with Gasteiger partial charge in [-0.25, -0.2) is 0 Å². The third kappa shape index (κ3) is 2.33. The summed E-state index contributed by atoms with van der Waals surface area (Å²) in [6.07, 6.45) is 5.21. The van der Waals surface area contributed by atoms with E-state index in [2.05, 4.69) is 20.5 Å². The molecule has 20 heavy (non-hydrogen) atoms. The molecule has 0 spiro atoms. The molecule has 0 saturated carbocycles. The van der Waals surface area contributed by atoms with E-state index in [-0.39, 0.29) is 17.9 Å². The van der Waals surface area contributed by atoms with E-state index in [1.54, 1.807) is 29.9 Å². The van der Waals surface area contributed by atoms with Gasteiger partial charge in [0.05, 0.1) is 6.26 Å². The van der Waals surface area contributed by atoms with E-state index in [1.807, 2.05) is 24.5 Å². The van der Waals surface area contributed by atoms with Gasteiger partial charge in [0.1, 0.15) is 6.04 Å². The fourth-order valence-corrected chi connectivity index (χ4v) is 1.80. The molecule has 0 aliphatic carbocycles. The minimum Gasteiger partial charge on any atom is -0.461 e. The van der Waals surface area contributed by atoms with Gasteiger partial charge in [-0.2, -0.15) is 4.98 Å². The van der Waals surface area contributed by atoms with Gasteiger partial charge in [-0.05, 0) is 31.2 Å². The topological polar surface area (TPSA) is 88.7 Å². The number of rotatable bonds is 4. The second-order valence-corrected chi connectivity index (χ2v) is 4.28. The Balaban J connectivity index is 1.70. The molecule has 1 atom stereocenters. The van der Waals surface area contributed by atoms with Gasteiger partial charge >= 0.3 is 0 Å². The van der Waals surface area contributed by atoms with Crippen LogP contribution >= 0.6 is 0 Å². The number of amides is 1. The summed E-state index contributed by atoms with van der Waals surface area (Å²) in [4.78, 5) is 16.2. The van der Waals surface area contributed by atoms with Crippen LogP contribution in [0.3, 0.4) is 0 Å². The van der Waals surface area contributed by atoms with Crippen molar-refractivity contribution < 1.29 is 9.21 Å². The monoisotopic (exact) mass is 271 g/mol. The molecule has 7 heteroatoms. The lowest BCUT2D eigenvalue weighted by molar-refractivity contribution is -0.118. The summed E-state index contributed by atoms with van der Waals surface area (Å²) in [6, 6.07) is 6.91. The first-order valence-corrected chi connectivity index (χ1v) is 6.13. The molecule has 0 aliphatic heterocycles. The van der Waals surface area contributed by atoms with E-state index in [0.717, 1.165) is 0 Å². The zero-order chi connectivity index (χ0) is 13.9. The third-order valence-corrected chi connectivity index (χ3v) is 2.93. The summed E-state index contributed by atoms with van der Waals surface area (Å²) in [6.45, 7) is 1.80. The first-order valence-electron chi connectivity index (χ1n) is 6.13. The number of carbonyl (C=O) groups excluding carboxylic acids is 1. The third-order valence-electron chi connectivity index (χ3n) is 2.93. The van der Waals surface area contributed by atoms with Gasteiger partial charge in [0.15, 0.2) is 11.6 Å². The van der Waals surface area contributed by atoms with E-state index < -0.39 is 0 Å². The van der Waals surface area contributed by atoms with Crippen molar-refractivity contribution in [1.82, 2.24) is 19.7 Å². The van der Waals surface area contributed by atoms with E-state index in [0.29, 0.717) is 11.6 Å². The quantitative estimate of drug-likeness (QED) is 0.760. The Kier molecular flexibility index (Phi) is 3.08. The molecule has 0 saturated heterocycles. The van der Waals surface area contributed by atoms with Crippen LogP contribution in [0, 0.1) is 0 Å². The zero-order valence-electron chi connectivity index (χ0n) is 10.8. The number of aromatic amines is 1. The van der Waals surface area contributed by atoms with E-state index in [4.69, 9.17) is 4.42 Å². The van der Waals surface area contributed by atoms with Crippen LogP contribution in [-0.4, -0.2) is 25.7 Å². The molecule has 2 N–H and O–H groups in total. The van der Waals surface area contributed by atoms with Crippen molar-refractivity contribution in [1.29, 1.82) is 0 Å². The molecule has 0 bridgehead atoms. The molecule has 1 amide bonds. The number of H-pyrrole nitrogens is 1. The van der Waals surface area contributed by atoms with Crippen molar-refractivity contribution in [3.05, 3.63) is 42.9 Å². The molecular weight excluding hydrogens is 258 g/mol. The largest absolute Gasteiger partial charge is 0.461 e. The molecule has 0 aliphatic rings. The Bertz CT molecular complexity index is 684. The Hall–Kier alpha value is -2.83. The summed E-state index contributed by atoms with van der Waals surface area (Å²) in [5.74, 6) is 1.07. The van der Waals surface area contributed by atoms with Crippen molar-refractivity contribution in [3.8, 4) is 11.6 Å². The van der Waals surface area contributed by atoms with Crippen LogP contribution in [-0.2, 0) is 4.79 Å². The average molecular weight is 271 g/mol. The average Bonchev–Trinajstić information content (AvgIpc) is 3.19. The highest BCUT2D eigenvalue weighted by atomic mass is 16.3. The second kappa shape index (κ2) is 5.04. The molecule has 3 rings (SSSR count). The molecule has 3 aromatic rings. The maximum atomic E-state index is 12.1. The van der Waals surface area contributed by atoms with E-state index in [9.17, 15) is 4.79 Å². The number of hydrogen-bond acceptors (Lipinski definition) is 4. The highest BCUT2D eigenvalue weighted by molar-refractivity contribution is 5.92. The highest BCUT2D eigenvalue weighted by Crippen LogP contribution is 2.16. The molecule has 3 heterocycles. The highest BCUT2D eigenvalue weighted by Gasteiger charge is 2.16. The van der Waals surface area contributed by atoms with Gasteiger partial charge in [-0.1, -0.05) is 0 Å². The van der Waals surface area contributed by atoms with Crippen LogP contribution in [0.5, 0.6) is 0 Å². The van der Waals surface area contributed by atoms with Gasteiger partial charge in [0, 0.05) is 12.4 Å². The lowest BCUT2D eigenvalue weighted by Crippen LogP contribution is -2.23. The van der Waals surface area contributed by atoms with Crippen molar-refractivity contribution >= 4 is 11.9 Å². The molecule has 102 valence electrons. The SMILES string of the molecule is CC(C(=O)Nc1n[nH]c(-c2ccco2)n1)n1cccc1. The summed E-state index contributed by atoms with van der Waals surface area (Å²) >= 11 is 0. The molecular formula is C13H13N5O2. The lowest BCUT2D eigenvalue weighted by atomic mass is 10.3.